The second-order valence-corrected chi connectivity index (χ2v) is 4.69. The Morgan fingerprint density at radius 1 is 1.33 bits per heavy atom. The van der Waals surface area contributed by atoms with E-state index in [1.807, 2.05) is 13.8 Å². The van der Waals surface area contributed by atoms with E-state index in [1.165, 1.54) is 13.2 Å². The highest BCUT2D eigenvalue weighted by atomic mass is 16.6. The molecule has 0 saturated heterocycles. The summed E-state index contributed by atoms with van der Waals surface area (Å²) in [6, 6.07) is 4.74. The summed E-state index contributed by atoms with van der Waals surface area (Å²) in [6.45, 7) is 5.52. The van der Waals surface area contributed by atoms with Crippen LogP contribution in [0.3, 0.4) is 0 Å². The maximum absolute atomic E-state index is 11.1. The first-order valence-corrected chi connectivity index (χ1v) is 5.88. The molecule has 100 valence electrons. The number of aliphatic hydroxyl groups is 1. The van der Waals surface area contributed by atoms with Crippen LogP contribution in [0.25, 0.3) is 0 Å². The van der Waals surface area contributed by atoms with Crippen LogP contribution in [0.2, 0.25) is 0 Å². The molecule has 1 N–H and O–H groups in total. The average Bonchev–Trinajstić information content (AvgIpc) is 2.28. The molecule has 0 fully saturated rings. The number of benzene rings is 1. The summed E-state index contributed by atoms with van der Waals surface area (Å²) < 4.78 is 4.99. The fraction of sp³-hybridized carbons (Fsp3) is 0.538. The van der Waals surface area contributed by atoms with Crippen LogP contribution in [-0.2, 0) is 0 Å². The first-order chi connectivity index (χ1) is 8.38. The van der Waals surface area contributed by atoms with Crippen LogP contribution >= 0.6 is 0 Å². The normalized spacial score (nSPS) is 14.3. The number of methoxy groups -OCH3 is 1. The van der Waals surface area contributed by atoms with E-state index in [4.69, 9.17) is 4.74 Å². The Morgan fingerprint density at radius 2 is 1.94 bits per heavy atom. The van der Waals surface area contributed by atoms with Gasteiger partial charge in [0.1, 0.15) is 5.75 Å². The summed E-state index contributed by atoms with van der Waals surface area (Å²) in [5, 5.41) is 20.9. The largest absolute Gasteiger partial charge is 0.497 e. The third-order valence-electron chi connectivity index (χ3n) is 3.03. The number of nitro groups is 1. The Balaban J connectivity index is 3.33. The molecule has 0 heterocycles. The maximum atomic E-state index is 11.1. The number of aliphatic hydroxyl groups excluding tert-OH is 1. The minimum Gasteiger partial charge on any atom is -0.497 e. The molecule has 0 radical (unpaired) electrons. The van der Waals surface area contributed by atoms with Crippen LogP contribution in [0.4, 0.5) is 5.69 Å². The van der Waals surface area contributed by atoms with Gasteiger partial charge in [0.05, 0.1) is 24.2 Å². The quantitative estimate of drug-likeness (QED) is 0.646. The predicted octanol–water partition coefficient (Wildman–Crippen LogP) is 2.72. The number of hydrogen-bond acceptors (Lipinski definition) is 4. The highest BCUT2D eigenvalue weighted by Gasteiger charge is 2.28. The smallest absolute Gasteiger partial charge is 0.276 e. The van der Waals surface area contributed by atoms with E-state index in [1.54, 1.807) is 19.1 Å². The lowest BCUT2D eigenvalue weighted by atomic mass is 9.83. The highest BCUT2D eigenvalue weighted by molar-refractivity contribution is 5.48. The van der Waals surface area contributed by atoms with Crippen molar-refractivity contribution in [1.82, 2.24) is 0 Å². The molecule has 1 aromatic carbocycles. The van der Waals surface area contributed by atoms with E-state index in [2.05, 4.69) is 0 Å². The van der Waals surface area contributed by atoms with Gasteiger partial charge in [-0.2, -0.15) is 0 Å². The fourth-order valence-corrected chi connectivity index (χ4v) is 2.27. The van der Waals surface area contributed by atoms with Crippen molar-refractivity contribution in [2.24, 2.45) is 5.92 Å². The summed E-state index contributed by atoms with van der Waals surface area (Å²) in [4.78, 5) is 10.7. The molecule has 2 unspecified atom stereocenters. The van der Waals surface area contributed by atoms with Crippen molar-refractivity contribution in [3.63, 3.8) is 0 Å². The summed E-state index contributed by atoms with van der Waals surface area (Å²) in [5.74, 6) is 0.284. The molecule has 2 atom stereocenters. The zero-order valence-electron chi connectivity index (χ0n) is 11.1. The third-order valence-corrected chi connectivity index (χ3v) is 3.03. The van der Waals surface area contributed by atoms with E-state index >= 15 is 0 Å². The van der Waals surface area contributed by atoms with Crippen molar-refractivity contribution in [1.29, 1.82) is 0 Å². The van der Waals surface area contributed by atoms with Gasteiger partial charge >= 0.3 is 0 Å². The summed E-state index contributed by atoms with van der Waals surface area (Å²) in [7, 11) is 1.47. The number of nitrogens with zero attached hydrogens (tertiary/aromatic N) is 1. The Hall–Kier alpha value is -1.62. The topological polar surface area (TPSA) is 72.6 Å². The molecule has 0 aliphatic rings. The Bertz CT molecular complexity index is 421. The molecule has 0 aliphatic carbocycles. The monoisotopic (exact) mass is 253 g/mol. The standard InChI is InChI=1S/C13H19NO4/c1-8(2)13(9(3)15)11-6-5-10(18-4)7-12(11)14(16)17/h5-9,13,15H,1-4H3. The van der Waals surface area contributed by atoms with E-state index in [0.29, 0.717) is 11.3 Å². The van der Waals surface area contributed by atoms with Crippen molar-refractivity contribution in [2.45, 2.75) is 32.8 Å². The van der Waals surface area contributed by atoms with Crippen LogP contribution in [0.5, 0.6) is 5.75 Å². The Morgan fingerprint density at radius 3 is 2.33 bits per heavy atom. The van der Waals surface area contributed by atoms with Gasteiger partial charge in [0, 0.05) is 11.5 Å². The van der Waals surface area contributed by atoms with Gasteiger partial charge in [-0.3, -0.25) is 10.1 Å². The van der Waals surface area contributed by atoms with Crippen LogP contribution in [0.15, 0.2) is 18.2 Å². The molecule has 18 heavy (non-hydrogen) atoms. The molecule has 0 spiro atoms. The number of nitro benzene ring substituents is 1. The highest BCUT2D eigenvalue weighted by Crippen LogP contribution is 2.36. The minimum atomic E-state index is -0.642. The van der Waals surface area contributed by atoms with Crippen LogP contribution in [0.1, 0.15) is 32.3 Å². The molecule has 1 rings (SSSR count). The predicted molar refractivity (Wildman–Crippen MR) is 68.9 cm³/mol. The SMILES string of the molecule is COc1ccc(C(C(C)C)C(C)O)c([N+](=O)[O-])c1. The molecule has 5 nitrogen and oxygen atoms in total. The maximum Gasteiger partial charge on any atom is 0.276 e. The number of rotatable bonds is 5. The second kappa shape index (κ2) is 5.82. The molecule has 0 bridgehead atoms. The molecule has 0 amide bonds. The van der Waals surface area contributed by atoms with Gasteiger partial charge in [-0.15, -0.1) is 0 Å². The van der Waals surface area contributed by atoms with Crippen LogP contribution in [-0.4, -0.2) is 23.2 Å². The van der Waals surface area contributed by atoms with E-state index < -0.39 is 11.0 Å². The van der Waals surface area contributed by atoms with Crippen molar-refractivity contribution in [3.8, 4) is 5.75 Å². The molecule has 0 aliphatic heterocycles. The van der Waals surface area contributed by atoms with Crippen LogP contribution < -0.4 is 4.74 Å². The Labute approximate surface area is 107 Å². The van der Waals surface area contributed by atoms with Crippen molar-refractivity contribution >= 4 is 5.69 Å². The zero-order valence-corrected chi connectivity index (χ0v) is 11.1. The number of hydrogen-bond donors (Lipinski definition) is 1. The van der Waals surface area contributed by atoms with Gasteiger partial charge in [0.2, 0.25) is 0 Å². The number of ether oxygens (including phenoxy) is 1. The van der Waals surface area contributed by atoms with Gasteiger partial charge in [-0.05, 0) is 25.0 Å². The summed E-state index contributed by atoms with van der Waals surface area (Å²) in [5.41, 5.74) is 0.541. The lowest BCUT2D eigenvalue weighted by Crippen LogP contribution is -2.21. The molecular formula is C13H19NO4. The molecule has 0 saturated carbocycles. The van der Waals surface area contributed by atoms with Crippen molar-refractivity contribution in [3.05, 3.63) is 33.9 Å². The summed E-state index contributed by atoms with van der Waals surface area (Å²) in [6.07, 6.45) is -0.642. The molecule has 0 aromatic heterocycles. The van der Waals surface area contributed by atoms with Crippen molar-refractivity contribution < 1.29 is 14.8 Å². The van der Waals surface area contributed by atoms with Gasteiger partial charge in [-0.1, -0.05) is 13.8 Å². The third kappa shape index (κ3) is 2.98. The lowest BCUT2D eigenvalue weighted by Gasteiger charge is -2.24. The van der Waals surface area contributed by atoms with Crippen molar-refractivity contribution in [2.75, 3.05) is 7.11 Å². The Kier molecular flexibility index (Phi) is 4.67. The van der Waals surface area contributed by atoms with Crippen LogP contribution in [0, 0.1) is 16.0 Å². The van der Waals surface area contributed by atoms with Gasteiger partial charge in [-0.25, -0.2) is 0 Å². The van der Waals surface area contributed by atoms with Gasteiger partial charge in [0.25, 0.3) is 5.69 Å². The fourth-order valence-electron chi connectivity index (χ4n) is 2.27. The first kappa shape index (κ1) is 14.4. The lowest BCUT2D eigenvalue weighted by molar-refractivity contribution is -0.386. The summed E-state index contributed by atoms with van der Waals surface area (Å²) >= 11 is 0. The molecule has 1 aromatic rings. The molecular weight excluding hydrogens is 234 g/mol. The first-order valence-electron chi connectivity index (χ1n) is 5.88. The van der Waals surface area contributed by atoms with E-state index in [9.17, 15) is 15.2 Å². The van der Waals surface area contributed by atoms with E-state index in [0.717, 1.165) is 0 Å². The zero-order chi connectivity index (χ0) is 13.9. The van der Waals surface area contributed by atoms with E-state index in [-0.39, 0.29) is 17.5 Å². The minimum absolute atomic E-state index is 0.00560. The average molecular weight is 253 g/mol. The molecule has 5 heteroatoms. The van der Waals surface area contributed by atoms with Gasteiger partial charge in [0.15, 0.2) is 0 Å². The van der Waals surface area contributed by atoms with Gasteiger partial charge < -0.3 is 9.84 Å². The second-order valence-electron chi connectivity index (χ2n) is 4.69.